The van der Waals surface area contributed by atoms with Gasteiger partial charge in [0.2, 0.25) is 0 Å². The van der Waals surface area contributed by atoms with Crippen molar-refractivity contribution in [2.75, 3.05) is 5.73 Å². The first kappa shape index (κ1) is 10.5. The maximum Gasteiger partial charge on any atom is 0.401 e. The van der Waals surface area contributed by atoms with Crippen LogP contribution < -0.4 is 10.4 Å². The molecule has 0 saturated heterocycles. The molecule has 0 radical (unpaired) electrons. The molecule has 0 saturated carbocycles. The number of nitrogen functional groups attached to an aromatic ring is 1. The van der Waals surface area contributed by atoms with E-state index in [0.29, 0.717) is 5.95 Å². The number of rotatable bonds is 2. The van der Waals surface area contributed by atoms with Gasteiger partial charge in [0, 0.05) is 5.21 Å². The summed E-state index contributed by atoms with van der Waals surface area (Å²) in [5.74, 6) is 0.352. The zero-order valence-electron chi connectivity index (χ0n) is 9.64. The van der Waals surface area contributed by atoms with E-state index in [1.54, 1.807) is 4.68 Å². The third-order valence-electron chi connectivity index (χ3n) is 2.58. The summed E-state index contributed by atoms with van der Waals surface area (Å²) in [4.78, 5) is 1.52. The molecule has 0 unspecified atom stereocenters. The lowest BCUT2D eigenvalue weighted by atomic mass is 10.3. The summed E-state index contributed by atoms with van der Waals surface area (Å²) in [5.41, 5.74) is 7.64. The van der Waals surface area contributed by atoms with Crippen LogP contribution in [0.3, 0.4) is 0 Å². The number of hydrogen-bond donors (Lipinski definition) is 1. The van der Waals surface area contributed by atoms with Gasteiger partial charge in [-0.1, -0.05) is 41.1 Å². The highest BCUT2D eigenvalue weighted by molar-refractivity contribution is 5.29. The summed E-state index contributed by atoms with van der Waals surface area (Å²) < 4.78 is 1.60. The average Bonchev–Trinajstić information content (AvgIpc) is 2.83. The summed E-state index contributed by atoms with van der Waals surface area (Å²) in [5, 5.41) is 8.55. The summed E-state index contributed by atoms with van der Waals surface area (Å²) in [7, 11) is 0. The molecule has 18 heavy (non-hydrogen) atoms. The van der Waals surface area contributed by atoms with E-state index in [1.165, 1.54) is 4.80 Å². The minimum Gasteiger partial charge on any atom is -0.303 e. The van der Waals surface area contributed by atoms with E-state index in [4.69, 9.17) is 5.73 Å². The largest absolute Gasteiger partial charge is 0.401 e. The highest BCUT2D eigenvalue weighted by Crippen LogP contribution is 2.04. The van der Waals surface area contributed by atoms with Crippen LogP contribution in [0.15, 0.2) is 60.7 Å². The van der Waals surface area contributed by atoms with Crippen molar-refractivity contribution >= 4 is 5.95 Å². The molecule has 0 aliphatic heterocycles. The van der Waals surface area contributed by atoms with Gasteiger partial charge in [0.15, 0.2) is 0 Å². The number of tetrazole rings is 1. The average molecular weight is 238 g/mol. The fraction of sp³-hybridized carbons (Fsp3) is 0. The first-order valence-corrected chi connectivity index (χ1v) is 5.60. The lowest BCUT2D eigenvalue weighted by Crippen LogP contribution is -2.36. The Hall–Kier alpha value is -2.69. The fourth-order valence-corrected chi connectivity index (χ4v) is 1.71. The molecular formula is C13H12N5+. The highest BCUT2D eigenvalue weighted by atomic mass is 15.6. The Morgan fingerprint density at radius 3 is 2.17 bits per heavy atom. The van der Waals surface area contributed by atoms with Gasteiger partial charge < -0.3 is 5.73 Å². The van der Waals surface area contributed by atoms with Crippen LogP contribution in [0.5, 0.6) is 0 Å². The summed E-state index contributed by atoms with van der Waals surface area (Å²) in [6.07, 6.45) is 0. The summed E-state index contributed by atoms with van der Waals surface area (Å²) in [6, 6.07) is 19.3. The molecule has 1 heterocycles. The maximum atomic E-state index is 5.88. The van der Waals surface area contributed by atoms with Gasteiger partial charge in [0.25, 0.3) is 0 Å². The third-order valence-corrected chi connectivity index (χ3v) is 2.58. The van der Waals surface area contributed by atoms with Gasteiger partial charge >= 0.3 is 5.95 Å². The Morgan fingerprint density at radius 2 is 1.50 bits per heavy atom. The first-order chi connectivity index (χ1) is 8.84. The van der Waals surface area contributed by atoms with Crippen molar-refractivity contribution in [3.63, 3.8) is 0 Å². The van der Waals surface area contributed by atoms with E-state index in [2.05, 4.69) is 10.3 Å². The van der Waals surface area contributed by atoms with Gasteiger partial charge in [-0.3, -0.25) is 0 Å². The van der Waals surface area contributed by atoms with Crippen molar-refractivity contribution < 1.29 is 4.68 Å². The lowest BCUT2D eigenvalue weighted by molar-refractivity contribution is -0.647. The van der Waals surface area contributed by atoms with Crippen molar-refractivity contribution in [1.29, 1.82) is 0 Å². The quantitative estimate of drug-likeness (QED) is 0.681. The third kappa shape index (κ3) is 1.82. The van der Waals surface area contributed by atoms with Crippen LogP contribution in [0.4, 0.5) is 5.95 Å². The number of para-hydroxylation sites is 2. The molecule has 3 rings (SSSR count). The summed E-state index contributed by atoms with van der Waals surface area (Å²) in [6.45, 7) is 0. The van der Waals surface area contributed by atoms with Crippen LogP contribution in [0.1, 0.15) is 0 Å². The Bertz CT molecular complexity index is 646. The van der Waals surface area contributed by atoms with Gasteiger partial charge in [-0.2, -0.15) is 0 Å². The van der Waals surface area contributed by atoms with Crippen molar-refractivity contribution in [2.24, 2.45) is 0 Å². The molecule has 5 nitrogen and oxygen atoms in total. The maximum absolute atomic E-state index is 5.88. The van der Waals surface area contributed by atoms with Crippen molar-refractivity contribution in [3.8, 4) is 11.4 Å². The van der Waals surface area contributed by atoms with Gasteiger partial charge in [-0.05, 0) is 29.1 Å². The van der Waals surface area contributed by atoms with E-state index in [0.717, 1.165) is 11.4 Å². The first-order valence-electron chi connectivity index (χ1n) is 5.60. The molecule has 0 amide bonds. The highest BCUT2D eigenvalue weighted by Gasteiger charge is 2.16. The minimum atomic E-state index is 0.352. The molecule has 2 N–H and O–H groups in total. The van der Waals surface area contributed by atoms with Crippen molar-refractivity contribution in [2.45, 2.75) is 0 Å². The molecule has 0 spiro atoms. The van der Waals surface area contributed by atoms with Crippen LogP contribution in [0.2, 0.25) is 0 Å². The van der Waals surface area contributed by atoms with E-state index in [1.807, 2.05) is 60.7 Å². The normalized spacial score (nSPS) is 10.4. The predicted molar refractivity (Wildman–Crippen MR) is 67.3 cm³/mol. The van der Waals surface area contributed by atoms with Crippen molar-refractivity contribution in [1.82, 2.24) is 15.1 Å². The van der Waals surface area contributed by atoms with Crippen molar-refractivity contribution in [3.05, 3.63) is 60.7 Å². The zero-order chi connectivity index (χ0) is 12.4. The lowest BCUT2D eigenvalue weighted by Gasteiger charge is -1.93. The van der Waals surface area contributed by atoms with Crippen LogP contribution in [0.25, 0.3) is 11.4 Å². The standard InChI is InChI=1S/C13H12N5/c14-13-15-18(12-9-5-2-6-10-12)16-17(13)11-7-3-1-4-8-11/h1-10H,(H2,14,15,16)/q+1. The van der Waals surface area contributed by atoms with Crippen LogP contribution >= 0.6 is 0 Å². The molecule has 0 aliphatic rings. The topological polar surface area (TPSA) is 60.6 Å². The number of benzene rings is 2. The molecule has 0 atom stereocenters. The second-order valence-corrected chi connectivity index (χ2v) is 3.82. The van der Waals surface area contributed by atoms with Gasteiger partial charge in [0.1, 0.15) is 11.4 Å². The minimum absolute atomic E-state index is 0.352. The van der Waals surface area contributed by atoms with Crippen LogP contribution in [-0.4, -0.2) is 15.1 Å². The number of nitrogens with two attached hydrogens (primary N) is 1. The van der Waals surface area contributed by atoms with Crippen LogP contribution in [-0.2, 0) is 0 Å². The molecule has 5 heteroatoms. The Labute approximate surface area is 104 Å². The molecule has 88 valence electrons. The number of hydrogen-bond acceptors (Lipinski definition) is 3. The second-order valence-electron chi connectivity index (χ2n) is 3.82. The van der Waals surface area contributed by atoms with Gasteiger partial charge in [0.05, 0.1) is 5.10 Å². The molecule has 3 aromatic rings. The van der Waals surface area contributed by atoms with Gasteiger partial charge in [-0.15, -0.1) is 0 Å². The Balaban J connectivity index is 2.07. The monoisotopic (exact) mass is 238 g/mol. The molecule has 1 aromatic heterocycles. The number of anilines is 1. The number of nitrogens with zero attached hydrogens (tertiary/aromatic N) is 4. The van der Waals surface area contributed by atoms with E-state index >= 15 is 0 Å². The smallest absolute Gasteiger partial charge is 0.303 e. The SMILES string of the molecule is Nc1nn(-c2ccccc2)n[n+]1-c1ccccc1. The molecule has 2 aromatic carbocycles. The molecule has 0 bridgehead atoms. The fourth-order valence-electron chi connectivity index (χ4n) is 1.71. The molecular weight excluding hydrogens is 226 g/mol. The second kappa shape index (κ2) is 4.29. The zero-order valence-corrected chi connectivity index (χ0v) is 9.64. The van der Waals surface area contributed by atoms with E-state index < -0.39 is 0 Å². The Morgan fingerprint density at radius 1 is 0.889 bits per heavy atom. The molecule has 0 fully saturated rings. The Kier molecular flexibility index (Phi) is 2.49. The number of aromatic nitrogens is 4. The van der Waals surface area contributed by atoms with Crippen LogP contribution in [0, 0.1) is 0 Å². The summed E-state index contributed by atoms with van der Waals surface area (Å²) >= 11 is 0. The van der Waals surface area contributed by atoms with E-state index in [9.17, 15) is 0 Å². The van der Waals surface area contributed by atoms with Gasteiger partial charge in [-0.25, -0.2) is 0 Å². The van der Waals surface area contributed by atoms with E-state index in [-0.39, 0.29) is 0 Å². The molecule has 0 aliphatic carbocycles. The predicted octanol–water partition coefficient (Wildman–Crippen LogP) is 1.13.